The number of aromatic nitrogens is 2. The molecule has 270 valence electrons. The van der Waals surface area contributed by atoms with E-state index in [1.165, 1.54) is 0 Å². The lowest BCUT2D eigenvalue weighted by atomic mass is 9.90. The van der Waals surface area contributed by atoms with E-state index in [0.29, 0.717) is 17.8 Å². The topological polar surface area (TPSA) is 147 Å². The summed E-state index contributed by atoms with van der Waals surface area (Å²) in [5.41, 5.74) is 3.58. The van der Waals surface area contributed by atoms with Gasteiger partial charge in [-0.3, -0.25) is 14.5 Å². The maximum Gasteiger partial charge on any atom is 0.408 e. The number of nitrogens with zero attached hydrogens (tertiary/aromatic N) is 5. The highest BCUT2D eigenvalue weighted by molar-refractivity contribution is 6.22. The van der Waals surface area contributed by atoms with Gasteiger partial charge in [-0.15, -0.1) is 0 Å². The van der Waals surface area contributed by atoms with E-state index in [1.807, 2.05) is 66.7 Å². The van der Waals surface area contributed by atoms with Gasteiger partial charge < -0.3 is 29.5 Å². The zero-order valence-corrected chi connectivity index (χ0v) is 28.9. The van der Waals surface area contributed by atoms with E-state index in [0.717, 1.165) is 53.7 Å². The molecule has 1 unspecified atom stereocenters. The van der Waals surface area contributed by atoms with Crippen LogP contribution in [0.15, 0.2) is 97.3 Å². The average molecular weight is 707 g/mol. The molecule has 4 heterocycles. The molecule has 3 fully saturated rings. The molecule has 13 heteroatoms. The second-order valence-electron chi connectivity index (χ2n) is 13.3. The molecule has 0 bridgehead atoms. The molecule has 3 aliphatic heterocycles. The number of hydrogen-bond acceptors (Lipinski definition) is 11. The molecule has 5 atom stereocenters. The molecule has 3 aliphatic rings. The minimum atomic E-state index is -1.05. The van der Waals surface area contributed by atoms with Crippen molar-refractivity contribution >= 4 is 29.5 Å². The Morgan fingerprint density at radius 3 is 2.37 bits per heavy atom. The van der Waals surface area contributed by atoms with Gasteiger partial charge in [-0.2, -0.15) is 0 Å². The van der Waals surface area contributed by atoms with Crippen molar-refractivity contribution in [1.29, 1.82) is 0 Å². The van der Waals surface area contributed by atoms with E-state index in [2.05, 4.69) is 32.0 Å². The first-order valence-corrected chi connectivity index (χ1v) is 17.5. The summed E-state index contributed by atoms with van der Waals surface area (Å²) in [7, 11) is 0. The number of amides is 3. The number of aliphatic hydroxyl groups is 1. The number of anilines is 2. The molecular weight excluding hydrogens is 664 g/mol. The third-order valence-electron chi connectivity index (χ3n) is 9.82. The molecule has 52 heavy (non-hydrogen) atoms. The molecule has 7 rings (SSSR count). The van der Waals surface area contributed by atoms with Crippen LogP contribution in [0.3, 0.4) is 0 Å². The number of carbonyl (C=O) groups excluding carboxylic acids is 3. The summed E-state index contributed by atoms with van der Waals surface area (Å²) in [6.07, 6.45) is 1.21. The number of hydrogen-bond donors (Lipinski definition) is 2. The predicted octanol–water partition coefficient (Wildman–Crippen LogP) is 4.14. The van der Waals surface area contributed by atoms with Crippen LogP contribution in [0.2, 0.25) is 0 Å². The van der Waals surface area contributed by atoms with E-state index < -0.39 is 30.2 Å². The third kappa shape index (κ3) is 7.97. The molecule has 1 aromatic heterocycles. The molecular formula is C39H42N6O7. The number of aliphatic hydroxyl groups excluding tert-OH is 1. The average Bonchev–Trinajstić information content (AvgIpc) is 3.47. The van der Waals surface area contributed by atoms with Crippen molar-refractivity contribution in [3.8, 4) is 0 Å². The van der Waals surface area contributed by atoms with Gasteiger partial charge in [-0.1, -0.05) is 73.7 Å². The molecule has 0 saturated carbocycles. The first-order valence-electron chi connectivity index (χ1n) is 17.5. The smallest absolute Gasteiger partial charge is 0.408 e. The Balaban J connectivity index is 1.06. The first-order chi connectivity index (χ1) is 25.4. The Kier molecular flexibility index (Phi) is 10.8. The summed E-state index contributed by atoms with van der Waals surface area (Å²) in [5, 5.41) is 12.2. The number of benzene rings is 3. The maximum absolute atomic E-state index is 13.5. The first kappa shape index (κ1) is 35.2. The van der Waals surface area contributed by atoms with Gasteiger partial charge in [0.25, 0.3) is 5.91 Å². The van der Waals surface area contributed by atoms with Gasteiger partial charge in [-0.25, -0.2) is 19.7 Å². The highest BCUT2D eigenvalue weighted by Gasteiger charge is 2.42. The van der Waals surface area contributed by atoms with E-state index in [1.54, 1.807) is 30.6 Å². The summed E-state index contributed by atoms with van der Waals surface area (Å²) in [6.45, 7) is 5.99. The van der Waals surface area contributed by atoms with Crippen LogP contribution in [0.5, 0.6) is 0 Å². The molecule has 2 N–H and O–H groups in total. The Labute approximate surface area is 302 Å². The number of ether oxygens (including phenoxy) is 3. The summed E-state index contributed by atoms with van der Waals surface area (Å²) in [4.78, 5) is 53.6. The van der Waals surface area contributed by atoms with Crippen molar-refractivity contribution in [1.82, 2.24) is 20.2 Å². The van der Waals surface area contributed by atoms with Gasteiger partial charge in [0.2, 0.25) is 11.9 Å². The Morgan fingerprint density at radius 2 is 1.63 bits per heavy atom. The minimum absolute atomic E-state index is 0.0230. The van der Waals surface area contributed by atoms with Gasteiger partial charge in [0.1, 0.15) is 12.6 Å². The SMILES string of the molecule is C[C@H]1[C@@H](CN2CCN(c3ncccn3)CC2)O[C@@H](c2cccc(N3C(=O)CC(NC(=O)OCc4ccccc4)C3=O)c2)O[C@H]1c1ccc(CO)cc1. The highest BCUT2D eigenvalue weighted by Crippen LogP contribution is 2.42. The van der Waals surface area contributed by atoms with Crippen molar-refractivity contribution in [2.75, 3.05) is 42.5 Å². The van der Waals surface area contributed by atoms with Crippen molar-refractivity contribution < 1.29 is 33.7 Å². The molecule has 3 saturated heterocycles. The highest BCUT2D eigenvalue weighted by atomic mass is 16.7. The Bertz CT molecular complexity index is 1840. The van der Waals surface area contributed by atoms with Gasteiger partial charge in [0.05, 0.1) is 30.9 Å². The summed E-state index contributed by atoms with van der Waals surface area (Å²) in [5.74, 6) is -0.276. The van der Waals surface area contributed by atoms with Crippen molar-refractivity contribution in [2.24, 2.45) is 5.92 Å². The predicted molar refractivity (Wildman–Crippen MR) is 191 cm³/mol. The van der Waals surface area contributed by atoms with Crippen molar-refractivity contribution in [2.45, 2.75) is 51.1 Å². The zero-order valence-electron chi connectivity index (χ0n) is 28.9. The summed E-state index contributed by atoms with van der Waals surface area (Å²) >= 11 is 0. The second kappa shape index (κ2) is 16.0. The lowest BCUT2D eigenvalue weighted by Crippen LogP contribution is -2.51. The minimum Gasteiger partial charge on any atom is -0.445 e. The van der Waals surface area contributed by atoms with Crippen LogP contribution in [-0.2, 0) is 37.0 Å². The van der Waals surface area contributed by atoms with Crippen molar-refractivity contribution in [3.63, 3.8) is 0 Å². The summed E-state index contributed by atoms with van der Waals surface area (Å²) in [6, 6.07) is 24.7. The molecule has 4 aromatic rings. The molecule has 0 radical (unpaired) electrons. The quantitative estimate of drug-likeness (QED) is 0.230. The number of carbonyl (C=O) groups is 3. The standard InChI is InChI=1S/C39H42N6O7/c1-26-33(23-43-17-19-44(20-18-43)38-40-15-6-16-41-38)51-37(52-35(26)29-13-11-27(24-46)12-14-29)30-9-5-10-31(21-30)45-34(47)22-32(36(45)48)42-39(49)50-25-28-7-3-2-4-8-28/h2-16,21,26,32-33,35,37,46H,17-20,22-25H2,1H3,(H,42,49)/t26-,32?,33+,35+,37+/m0/s1. The number of nitrogens with one attached hydrogen (secondary N) is 1. The van der Waals surface area contributed by atoms with Gasteiger partial charge in [0, 0.05) is 56.6 Å². The van der Waals surface area contributed by atoms with Crippen LogP contribution in [0.1, 0.15) is 48.0 Å². The third-order valence-corrected chi connectivity index (χ3v) is 9.82. The van der Waals surface area contributed by atoms with Gasteiger partial charge in [0.15, 0.2) is 6.29 Å². The Hall–Kier alpha value is -5.21. The monoisotopic (exact) mass is 706 g/mol. The summed E-state index contributed by atoms with van der Waals surface area (Å²) < 4.78 is 18.6. The fourth-order valence-corrected chi connectivity index (χ4v) is 6.90. The van der Waals surface area contributed by atoms with Gasteiger partial charge in [-0.05, 0) is 34.9 Å². The molecule has 3 aromatic carbocycles. The zero-order chi connectivity index (χ0) is 36.0. The molecule has 0 aliphatic carbocycles. The van der Waals surface area contributed by atoms with E-state index in [9.17, 15) is 19.5 Å². The van der Waals surface area contributed by atoms with E-state index in [-0.39, 0.29) is 37.8 Å². The lowest BCUT2D eigenvalue weighted by Gasteiger charge is -2.44. The number of alkyl carbamates (subject to hydrolysis) is 1. The Morgan fingerprint density at radius 1 is 0.885 bits per heavy atom. The number of rotatable bonds is 10. The van der Waals surface area contributed by atoms with E-state index >= 15 is 0 Å². The van der Waals surface area contributed by atoms with Crippen LogP contribution in [-0.4, -0.2) is 82.8 Å². The maximum atomic E-state index is 13.5. The van der Waals surface area contributed by atoms with Crippen LogP contribution in [0.25, 0.3) is 0 Å². The number of piperazine rings is 1. The lowest BCUT2D eigenvalue weighted by molar-refractivity contribution is -0.276. The second-order valence-corrected chi connectivity index (χ2v) is 13.3. The fraction of sp³-hybridized carbons (Fsp3) is 0.359. The number of imide groups is 1. The van der Waals surface area contributed by atoms with Crippen LogP contribution >= 0.6 is 0 Å². The van der Waals surface area contributed by atoms with Crippen LogP contribution < -0.4 is 15.1 Å². The largest absolute Gasteiger partial charge is 0.445 e. The molecule has 0 spiro atoms. The van der Waals surface area contributed by atoms with Crippen LogP contribution in [0, 0.1) is 5.92 Å². The molecule has 13 nitrogen and oxygen atoms in total. The van der Waals surface area contributed by atoms with Crippen molar-refractivity contribution in [3.05, 3.63) is 120 Å². The van der Waals surface area contributed by atoms with Gasteiger partial charge >= 0.3 is 6.09 Å². The molecule has 3 amide bonds. The fourth-order valence-electron chi connectivity index (χ4n) is 6.90. The van der Waals surface area contributed by atoms with E-state index in [4.69, 9.17) is 14.2 Å². The van der Waals surface area contributed by atoms with Crippen LogP contribution in [0.4, 0.5) is 16.4 Å². The normalized spacial score (nSPS) is 23.8.